The number of thioether (sulfide) groups is 1. The smallest absolute Gasteiger partial charge is 0.362 e. The van der Waals surface area contributed by atoms with Gasteiger partial charge in [-0.15, -0.1) is 11.8 Å². The van der Waals surface area contributed by atoms with Crippen LogP contribution in [0.25, 0.3) is 0 Å². The van der Waals surface area contributed by atoms with E-state index in [0.29, 0.717) is 0 Å². The zero-order valence-corrected chi connectivity index (χ0v) is 14.4. The van der Waals surface area contributed by atoms with Gasteiger partial charge in [0.1, 0.15) is 5.75 Å². The van der Waals surface area contributed by atoms with E-state index in [0.717, 1.165) is 24.2 Å². The molecule has 1 atom stereocenters. The number of hydrogen-bond donors (Lipinski definition) is 0. The Hall–Kier alpha value is -1.58. The molecule has 9 heteroatoms. The van der Waals surface area contributed by atoms with Gasteiger partial charge in [-0.05, 0) is 24.3 Å². The van der Waals surface area contributed by atoms with E-state index in [-0.39, 0.29) is 29.7 Å². The molecule has 7 nitrogen and oxygen atoms in total. The molecule has 0 aliphatic carbocycles. The summed E-state index contributed by atoms with van der Waals surface area (Å²) in [5.74, 6) is 0.164. The molecule has 1 aliphatic heterocycles. The van der Waals surface area contributed by atoms with Crippen LogP contribution in [0.2, 0.25) is 0 Å². The standard InChI is InChI=1S/C14H17NO6S2/c1-3-7-22-12-9-13(16)15(14(12)17)10-5-4-6-11(8-10)21-23(18,19)20-2/h4-6,8,12H,3,7,9H2,1-2H3. The number of rotatable bonds is 7. The summed E-state index contributed by atoms with van der Waals surface area (Å²) in [6.07, 6.45) is 1.06. The van der Waals surface area contributed by atoms with Crippen LogP contribution in [-0.4, -0.2) is 38.3 Å². The summed E-state index contributed by atoms with van der Waals surface area (Å²) in [6.45, 7) is 2.00. The van der Waals surface area contributed by atoms with Crippen molar-refractivity contribution in [2.75, 3.05) is 17.8 Å². The predicted molar refractivity (Wildman–Crippen MR) is 86.6 cm³/mol. The van der Waals surface area contributed by atoms with Gasteiger partial charge >= 0.3 is 10.4 Å². The van der Waals surface area contributed by atoms with Crippen LogP contribution in [0, 0.1) is 0 Å². The van der Waals surface area contributed by atoms with Gasteiger partial charge in [-0.1, -0.05) is 13.0 Å². The molecule has 1 unspecified atom stereocenters. The fourth-order valence-electron chi connectivity index (χ4n) is 2.09. The third kappa shape index (κ3) is 4.24. The highest BCUT2D eigenvalue weighted by atomic mass is 32.3. The van der Waals surface area contributed by atoms with E-state index in [9.17, 15) is 18.0 Å². The van der Waals surface area contributed by atoms with Crippen molar-refractivity contribution >= 4 is 39.7 Å². The van der Waals surface area contributed by atoms with Crippen molar-refractivity contribution in [1.29, 1.82) is 0 Å². The lowest BCUT2D eigenvalue weighted by Crippen LogP contribution is -2.31. The number of anilines is 1. The molecule has 0 spiro atoms. The average molecular weight is 359 g/mol. The number of carbonyl (C=O) groups excluding carboxylic acids is 2. The van der Waals surface area contributed by atoms with Crippen molar-refractivity contribution in [2.45, 2.75) is 25.0 Å². The third-order valence-electron chi connectivity index (χ3n) is 3.11. The second kappa shape index (κ2) is 7.33. The normalized spacial score (nSPS) is 18.5. The van der Waals surface area contributed by atoms with Crippen molar-refractivity contribution < 1.29 is 26.4 Å². The molecule has 0 aromatic heterocycles. The maximum absolute atomic E-state index is 12.4. The molecule has 1 aromatic carbocycles. The first kappa shape index (κ1) is 17.8. The Kier molecular flexibility index (Phi) is 5.66. The molecule has 1 fully saturated rings. The maximum atomic E-state index is 12.4. The van der Waals surface area contributed by atoms with Gasteiger partial charge in [-0.3, -0.25) is 9.59 Å². The molecule has 1 aromatic rings. The molecular formula is C14H17NO6S2. The molecule has 0 radical (unpaired) electrons. The van der Waals surface area contributed by atoms with Crippen molar-refractivity contribution in [1.82, 2.24) is 0 Å². The summed E-state index contributed by atoms with van der Waals surface area (Å²) >= 11 is 1.45. The van der Waals surface area contributed by atoms with E-state index in [1.54, 1.807) is 6.07 Å². The first-order valence-corrected chi connectivity index (χ1v) is 9.34. The van der Waals surface area contributed by atoms with Crippen LogP contribution in [0.5, 0.6) is 5.75 Å². The Labute approximate surface area is 139 Å². The summed E-state index contributed by atoms with van der Waals surface area (Å²) in [7, 11) is -3.18. The summed E-state index contributed by atoms with van der Waals surface area (Å²) in [4.78, 5) is 25.6. The fraction of sp³-hybridized carbons (Fsp3) is 0.429. The van der Waals surface area contributed by atoms with Crippen LogP contribution < -0.4 is 9.08 Å². The van der Waals surface area contributed by atoms with E-state index in [1.807, 2.05) is 6.92 Å². The van der Waals surface area contributed by atoms with Crippen molar-refractivity contribution in [3.8, 4) is 5.75 Å². The molecule has 2 rings (SSSR count). The number of nitrogens with zero attached hydrogens (tertiary/aromatic N) is 1. The Morgan fingerprint density at radius 2 is 2.09 bits per heavy atom. The Morgan fingerprint density at radius 3 is 2.74 bits per heavy atom. The van der Waals surface area contributed by atoms with Crippen LogP contribution in [0.1, 0.15) is 19.8 Å². The Bertz CT molecular complexity index is 703. The van der Waals surface area contributed by atoms with Gasteiger partial charge in [0.2, 0.25) is 11.8 Å². The minimum absolute atomic E-state index is 0.0328. The topological polar surface area (TPSA) is 90.0 Å². The van der Waals surface area contributed by atoms with Crippen LogP contribution in [0.4, 0.5) is 5.69 Å². The molecule has 2 amide bonds. The van der Waals surface area contributed by atoms with Gasteiger partial charge in [0, 0.05) is 12.5 Å². The number of benzene rings is 1. The van der Waals surface area contributed by atoms with Gasteiger partial charge in [-0.2, -0.15) is 8.42 Å². The zero-order chi connectivity index (χ0) is 17.0. The lowest BCUT2D eigenvalue weighted by molar-refractivity contribution is -0.121. The first-order valence-electron chi connectivity index (χ1n) is 6.96. The van der Waals surface area contributed by atoms with Gasteiger partial charge in [-0.25, -0.2) is 9.08 Å². The van der Waals surface area contributed by atoms with Gasteiger partial charge in [0.25, 0.3) is 0 Å². The number of carbonyl (C=O) groups is 2. The van der Waals surface area contributed by atoms with Crippen molar-refractivity contribution in [3.63, 3.8) is 0 Å². The van der Waals surface area contributed by atoms with Crippen LogP contribution in [0.3, 0.4) is 0 Å². The second-order valence-electron chi connectivity index (χ2n) is 4.79. The lowest BCUT2D eigenvalue weighted by atomic mass is 10.3. The van der Waals surface area contributed by atoms with Crippen LogP contribution in [-0.2, 0) is 24.2 Å². The van der Waals surface area contributed by atoms with Crippen molar-refractivity contribution in [3.05, 3.63) is 24.3 Å². The maximum Gasteiger partial charge on any atom is 0.448 e. The molecule has 0 N–H and O–H groups in total. The van der Waals surface area contributed by atoms with E-state index in [1.165, 1.54) is 30.0 Å². The number of hydrogen-bond acceptors (Lipinski definition) is 7. The quantitative estimate of drug-likeness (QED) is 0.685. The average Bonchev–Trinajstić information content (AvgIpc) is 2.79. The minimum atomic E-state index is -4.16. The van der Waals surface area contributed by atoms with Gasteiger partial charge < -0.3 is 4.18 Å². The number of imide groups is 1. The largest absolute Gasteiger partial charge is 0.448 e. The molecule has 1 heterocycles. The molecule has 0 saturated carbocycles. The molecule has 23 heavy (non-hydrogen) atoms. The summed E-state index contributed by atoms with van der Waals surface area (Å²) < 4.78 is 31.5. The van der Waals surface area contributed by atoms with E-state index >= 15 is 0 Å². The molecule has 126 valence electrons. The number of amides is 2. The summed E-state index contributed by atoms with van der Waals surface area (Å²) in [5, 5.41) is -0.394. The summed E-state index contributed by atoms with van der Waals surface area (Å²) in [5.41, 5.74) is 0.281. The van der Waals surface area contributed by atoms with E-state index in [2.05, 4.69) is 4.18 Å². The molecule has 1 aliphatic rings. The Balaban J connectivity index is 2.21. The molecule has 1 saturated heterocycles. The first-order chi connectivity index (χ1) is 10.9. The highest BCUT2D eigenvalue weighted by Gasteiger charge is 2.39. The fourth-order valence-corrected chi connectivity index (χ4v) is 3.53. The third-order valence-corrected chi connectivity index (χ3v) is 5.33. The van der Waals surface area contributed by atoms with Gasteiger partial charge in [0.15, 0.2) is 0 Å². The van der Waals surface area contributed by atoms with Crippen LogP contribution >= 0.6 is 11.8 Å². The highest BCUT2D eigenvalue weighted by molar-refractivity contribution is 8.00. The predicted octanol–water partition coefficient (Wildman–Crippen LogP) is 1.73. The van der Waals surface area contributed by atoms with E-state index < -0.39 is 15.6 Å². The minimum Gasteiger partial charge on any atom is -0.362 e. The zero-order valence-electron chi connectivity index (χ0n) is 12.7. The molecule has 0 bridgehead atoms. The molecular weight excluding hydrogens is 342 g/mol. The second-order valence-corrected chi connectivity index (χ2v) is 7.41. The van der Waals surface area contributed by atoms with Crippen LogP contribution in [0.15, 0.2) is 24.3 Å². The lowest BCUT2D eigenvalue weighted by Gasteiger charge is -2.15. The van der Waals surface area contributed by atoms with Gasteiger partial charge in [0.05, 0.1) is 18.0 Å². The monoisotopic (exact) mass is 359 g/mol. The van der Waals surface area contributed by atoms with E-state index in [4.69, 9.17) is 4.18 Å². The highest BCUT2D eigenvalue weighted by Crippen LogP contribution is 2.31. The Morgan fingerprint density at radius 1 is 1.35 bits per heavy atom. The summed E-state index contributed by atoms with van der Waals surface area (Å²) in [6, 6.07) is 5.77. The van der Waals surface area contributed by atoms with Crippen molar-refractivity contribution in [2.24, 2.45) is 0 Å². The SMILES string of the molecule is CCCSC1CC(=O)N(c2cccc(OS(=O)(=O)OC)c2)C1=O.